The summed E-state index contributed by atoms with van der Waals surface area (Å²) in [6, 6.07) is 10.2. The number of benzene rings is 2. The van der Waals surface area contributed by atoms with Gasteiger partial charge in [0.15, 0.2) is 5.13 Å². The van der Waals surface area contributed by atoms with Crippen LogP contribution in [0.15, 0.2) is 58.9 Å². The molecule has 7 nitrogen and oxygen atoms in total. The van der Waals surface area contributed by atoms with Crippen molar-refractivity contribution in [3.63, 3.8) is 0 Å². The molecule has 0 aliphatic carbocycles. The summed E-state index contributed by atoms with van der Waals surface area (Å²) >= 11 is 1.25. The van der Waals surface area contributed by atoms with Crippen LogP contribution in [0.3, 0.4) is 0 Å². The van der Waals surface area contributed by atoms with Gasteiger partial charge in [-0.25, -0.2) is 17.7 Å². The van der Waals surface area contributed by atoms with E-state index in [2.05, 4.69) is 4.98 Å². The summed E-state index contributed by atoms with van der Waals surface area (Å²) in [5, 5.41) is 2.11. The fraction of sp³-hybridized carbons (Fsp3) is 0.190. The Hall–Kier alpha value is -3.04. The summed E-state index contributed by atoms with van der Waals surface area (Å²) in [5.41, 5.74) is 1.53. The fourth-order valence-corrected chi connectivity index (χ4v) is 5.39. The summed E-state index contributed by atoms with van der Waals surface area (Å²) in [6.45, 7) is 0.469. The second-order valence-electron chi connectivity index (χ2n) is 6.42. The third kappa shape index (κ3) is 3.86. The van der Waals surface area contributed by atoms with E-state index in [1.165, 1.54) is 22.8 Å². The van der Waals surface area contributed by atoms with E-state index in [0.29, 0.717) is 34.6 Å². The quantitative estimate of drug-likeness (QED) is 0.549. The van der Waals surface area contributed by atoms with Crippen LogP contribution in [0.2, 0.25) is 0 Å². The van der Waals surface area contributed by atoms with Crippen LogP contribution < -0.4 is 18.5 Å². The Morgan fingerprint density at radius 3 is 2.77 bits per heavy atom. The van der Waals surface area contributed by atoms with Crippen molar-refractivity contribution in [1.82, 2.24) is 4.98 Å². The summed E-state index contributed by atoms with van der Waals surface area (Å²) in [6.07, 6.45) is 5.37. The van der Waals surface area contributed by atoms with Gasteiger partial charge in [-0.15, -0.1) is 11.3 Å². The van der Waals surface area contributed by atoms with Crippen molar-refractivity contribution in [1.29, 1.82) is 0 Å². The zero-order valence-corrected chi connectivity index (χ0v) is 18.1. The summed E-state index contributed by atoms with van der Waals surface area (Å²) in [5.74, 6) is 1.70. The van der Waals surface area contributed by atoms with Gasteiger partial charge >= 0.3 is 0 Å². The predicted octanol–water partition coefficient (Wildman–Crippen LogP) is 3.96. The normalized spacial score (nSPS) is 12.7. The molecule has 0 saturated heterocycles. The van der Waals surface area contributed by atoms with Gasteiger partial charge in [-0.3, -0.25) is 0 Å². The maximum atomic E-state index is 13.6. The first-order chi connectivity index (χ1) is 14.5. The number of hydrogen-bond donors (Lipinski definition) is 0. The zero-order chi connectivity index (χ0) is 21.1. The lowest BCUT2D eigenvalue weighted by Crippen LogP contribution is -2.30. The molecule has 3 aromatic rings. The van der Waals surface area contributed by atoms with Crippen molar-refractivity contribution in [2.45, 2.75) is 11.4 Å². The van der Waals surface area contributed by atoms with Crippen LogP contribution in [0.1, 0.15) is 11.1 Å². The third-order valence-corrected chi connectivity index (χ3v) is 7.29. The number of thiazole rings is 1. The van der Waals surface area contributed by atoms with Crippen molar-refractivity contribution in [2.24, 2.45) is 0 Å². The Morgan fingerprint density at radius 2 is 2.03 bits per heavy atom. The van der Waals surface area contributed by atoms with Crippen LogP contribution in [0.25, 0.3) is 6.08 Å². The smallest absolute Gasteiger partial charge is 0.266 e. The summed E-state index contributed by atoms with van der Waals surface area (Å²) in [4.78, 5) is 4.38. The molecule has 4 rings (SSSR count). The third-order valence-electron chi connectivity index (χ3n) is 4.65. The van der Waals surface area contributed by atoms with Gasteiger partial charge in [0, 0.05) is 34.8 Å². The van der Waals surface area contributed by atoms with Crippen molar-refractivity contribution in [3.05, 3.63) is 65.2 Å². The molecule has 0 bridgehead atoms. The Labute approximate surface area is 179 Å². The van der Waals surface area contributed by atoms with E-state index < -0.39 is 10.0 Å². The maximum Gasteiger partial charge on any atom is 0.266 e. The highest BCUT2D eigenvalue weighted by molar-refractivity contribution is 7.93. The topological polar surface area (TPSA) is 78.0 Å². The fourth-order valence-electron chi connectivity index (χ4n) is 3.11. The molecule has 0 atom stereocenters. The van der Waals surface area contributed by atoms with Crippen molar-refractivity contribution < 1.29 is 22.6 Å². The summed E-state index contributed by atoms with van der Waals surface area (Å²) < 4.78 is 44.8. The van der Waals surface area contributed by atoms with E-state index in [9.17, 15) is 8.42 Å². The van der Waals surface area contributed by atoms with E-state index in [-0.39, 0.29) is 11.4 Å². The molecule has 0 spiro atoms. The first kappa shape index (κ1) is 20.2. The largest absolute Gasteiger partial charge is 0.497 e. The van der Waals surface area contributed by atoms with Crippen molar-refractivity contribution in [2.75, 3.05) is 25.1 Å². The Morgan fingerprint density at radius 1 is 1.17 bits per heavy atom. The number of nitrogens with zero attached hydrogens (tertiary/aromatic N) is 2. The maximum absolute atomic E-state index is 13.6. The molecular weight excluding hydrogens is 424 g/mol. The second-order valence-corrected chi connectivity index (χ2v) is 9.15. The van der Waals surface area contributed by atoms with Gasteiger partial charge in [0.05, 0.1) is 25.7 Å². The molecule has 30 heavy (non-hydrogen) atoms. The van der Waals surface area contributed by atoms with Gasteiger partial charge in [-0.05, 0) is 30.3 Å². The molecule has 2 heterocycles. The Kier molecular flexibility index (Phi) is 5.65. The molecule has 1 aliphatic heterocycles. The molecule has 9 heteroatoms. The summed E-state index contributed by atoms with van der Waals surface area (Å²) in [7, 11) is -0.806. The van der Waals surface area contributed by atoms with Gasteiger partial charge in [0.2, 0.25) is 0 Å². The number of sulfonamides is 1. The highest BCUT2D eigenvalue weighted by atomic mass is 32.2. The predicted molar refractivity (Wildman–Crippen MR) is 116 cm³/mol. The van der Waals surface area contributed by atoms with Gasteiger partial charge in [-0.1, -0.05) is 6.08 Å². The lowest BCUT2D eigenvalue weighted by molar-refractivity contribution is 0.357. The minimum atomic E-state index is -3.91. The van der Waals surface area contributed by atoms with Crippen LogP contribution >= 0.6 is 11.3 Å². The SMILES string of the molecule is COc1ccc(CN(c2nccs2)S(=O)(=O)c2ccc3c(c2)OCC=C3)c(OC)c1. The van der Waals surface area contributed by atoms with Crippen LogP contribution in [-0.2, 0) is 16.6 Å². The minimum absolute atomic E-state index is 0.0564. The molecule has 0 N–H and O–H groups in total. The minimum Gasteiger partial charge on any atom is -0.497 e. The molecular formula is C21H20N2O5S2. The van der Waals surface area contributed by atoms with Gasteiger partial charge in [0.25, 0.3) is 10.0 Å². The van der Waals surface area contributed by atoms with Crippen molar-refractivity contribution in [3.8, 4) is 17.2 Å². The number of rotatable bonds is 7. The first-order valence-corrected chi connectivity index (χ1v) is 11.4. The number of aromatic nitrogens is 1. The molecule has 156 valence electrons. The highest BCUT2D eigenvalue weighted by Gasteiger charge is 2.29. The molecule has 0 fully saturated rings. The number of ether oxygens (including phenoxy) is 3. The molecule has 2 aromatic carbocycles. The highest BCUT2D eigenvalue weighted by Crippen LogP contribution is 2.34. The number of methoxy groups -OCH3 is 2. The average molecular weight is 445 g/mol. The van der Waals surface area contributed by atoms with Crippen LogP contribution in [0, 0.1) is 0 Å². The van der Waals surface area contributed by atoms with Gasteiger partial charge in [-0.2, -0.15) is 0 Å². The Balaban J connectivity index is 1.76. The molecule has 0 unspecified atom stereocenters. The lowest BCUT2D eigenvalue weighted by Gasteiger charge is -2.24. The van der Waals surface area contributed by atoms with Gasteiger partial charge in [0.1, 0.15) is 23.9 Å². The van der Waals surface area contributed by atoms with Crippen molar-refractivity contribution >= 4 is 32.6 Å². The monoisotopic (exact) mass is 444 g/mol. The van der Waals surface area contributed by atoms with Crippen LogP contribution in [-0.4, -0.2) is 34.2 Å². The Bertz CT molecular complexity index is 1170. The van der Waals surface area contributed by atoms with E-state index in [1.807, 2.05) is 12.2 Å². The van der Waals surface area contributed by atoms with E-state index >= 15 is 0 Å². The number of anilines is 1. The number of hydrogen-bond acceptors (Lipinski definition) is 7. The first-order valence-electron chi connectivity index (χ1n) is 9.09. The van der Waals surface area contributed by atoms with Gasteiger partial charge < -0.3 is 14.2 Å². The van der Waals surface area contributed by atoms with Crippen LogP contribution in [0.5, 0.6) is 17.2 Å². The second kappa shape index (κ2) is 8.37. The lowest BCUT2D eigenvalue weighted by atomic mass is 10.1. The van der Waals surface area contributed by atoms with Crippen LogP contribution in [0.4, 0.5) is 5.13 Å². The molecule has 1 aromatic heterocycles. The zero-order valence-electron chi connectivity index (χ0n) is 16.4. The van der Waals surface area contributed by atoms with E-state index in [1.54, 1.807) is 55.1 Å². The molecule has 0 saturated carbocycles. The average Bonchev–Trinajstić information content (AvgIpc) is 3.31. The standard InChI is InChI=1S/C21H20N2O5S2/c1-26-17-7-5-16(19(12-17)27-2)14-23(21-22-9-11-29-21)30(24,25)18-8-6-15-4-3-10-28-20(15)13-18/h3-9,11-13H,10,14H2,1-2H3. The van der Waals surface area contributed by atoms with E-state index in [0.717, 1.165) is 5.56 Å². The molecule has 0 radical (unpaired) electrons. The van der Waals surface area contributed by atoms with E-state index in [4.69, 9.17) is 14.2 Å². The number of fused-ring (bicyclic) bond motifs is 1. The molecule has 1 aliphatic rings. The molecule has 0 amide bonds.